The Morgan fingerprint density at radius 1 is 0.957 bits per heavy atom. The van der Waals surface area contributed by atoms with Gasteiger partial charge in [0.25, 0.3) is 0 Å². The maximum atomic E-state index is 10.4. The van der Waals surface area contributed by atoms with Gasteiger partial charge < -0.3 is 9.67 Å². The average Bonchev–Trinajstić information content (AvgIpc) is 3.11. The highest BCUT2D eigenvalue weighted by Gasteiger charge is 2.22. The molecule has 2 aromatic rings. The summed E-state index contributed by atoms with van der Waals surface area (Å²) in [6.45, 7) is 0. The molecule has 0 saturated heterocycles. The second-order valence-corrected chi connectivity index (χ2v) is 6.66. The van der Waals surface area contributed by atoms with Gasteiger partial charge in [-0.05, 0) is 36.5 Å². The van der Waals surface area contributed by atoms with Crippen molar-refractivity contribution in [2.45, 2.75) is 50.7 Å². The SMILES string of the molecule is OC(/C=C/C(C1CCCCC1)n1cccc1)Cc1ccccc1. The summed E-state index contributed by atoms with van der Waals surface area (Å²) in [7, 11) is 0. The summed E-state index contributed by atoms with van der Waals surface area (Å²) in [5.74, 6) is 0.691. The number of nitrogens with zero attached hydrogens (tertiary/aromatic N) is 1. The Bertz CT molecular complexity index is 582. The second kappa shape index (κ2) is 8.16. The number of hydrogen-bond donors (Lipinski definition) is 1. The molecule has 1 aromatic carbocycles. The fraction of sp³-hybridized carbons (Fsp3) is 0.429. The fourth-order valence-electron chi connectivity index (χ4n) is 3.69. The maximum Gasteiger partial charge on any atom is 0.0761 e. The molecule has 1 aliphatic rings. The molecular weight excluding hydrogens is 282 g/mol. The highest BCUT2D eigenvalue weighted by molar-refractivity contribution is 5.17. The maximum absolute atomic E-state index is 10.4. The van der Waals surface area contributed by atoms with Crippen LogP contribution in [0.15, 0.2) is 67.0 Å². The Balaban J connectivity index is 1.67. The Morgan fingerprint density at radius 3 is 2.35 bits per heavy atom. The van der Waals surface area contributed by atoms with Crippen molar-refractivity contribution in [3.05, 3.63) is 72.6 Å². The number of hydrogen-bond acceptors (Lipinski definition) is 1. The van der Waals surface area contributed by atoms with E-state index in [0.29, 0.717) is 18.4 Å². The van der Waals surface area contributed by atoms with Crippen LogP contribution in [-0.2, 0) is 6.42 Å². The van der Waals surface area contributed by atoms with Crippen LogP contribution in [0.2, 0.25) is 0 Å². The van der Waals surface area contributed by atoms with E-state index in [2.05, 4.69) is 47.3 Å². The van der Waals surface area contributed by atoms with Gasteiger partial charge in [-0.1, -0.05) is 61.7 Å². The first-order valence-corrected chi connectivity index (χ1v) is 8.86. The predicted octanol–water partition coefficient (Wildman–Crippen LogP) is 4.77. The van der Waals surface area contributed by atoms with Gasteiger partial charge in [0.1, 0.15) is 0 Å². The molecule has 0 amide bonds. The first-order valence-electron chi connectivity index (χ1n) is 8.86. The van der Waals surface area contributed by atoms with Crippen molar-refractivity contribution in [2.24, 2.45) is 5.92 Å². The third kappa shape index (κ3) is 4.59. The zero-order chi connectivity index (χ0) is 15.9. The van der Waals surface area contributed by atoms with Crippen molar-refractivity contribution in [3.8, 4) is 0 Å². The molecule has 2 nitrogen and oxygen atoms in total. The van der Waals surface area contributed by atoms with Gasteiger partial charge in [-0.15, -0.1) is 0 Å². The molecule has 1 N–H and O–H groups in total. The largest absolute Gasteiger partial charge is 0.389 e. The van der Waals surface area contributed by atoms with E-state index in [-0.39, 0.29) is 0 Å². The molecule has 23 heavy (non-hydrogen) atoms. The van der Waals surface area contributed by atoms with E-state index >= 15 is 0 Å². The summed E-state index contributed by atoms with van der Waals surface area (Å²) < 4.78 is 2.29. The first kappa shape index (κ1) is 16.1. The Kier molecular flexibility index (Phi) is 5.71. The van der Waals surface area contributed by atoms with Crippen LogP contribution in [0.4, 0.5) is 0 Å². The molecule has 1 heterocycles. The summed E-state index contributed by atoms with van der Waals surface area (Å²) >= 11 is 0. The van der Waals surface area contributed by atoms with Crippen molar-refractivity contribution in [2.75, 3.05) is 0 Å². The molecule has 1 saturated carbocycles. The summed E-state index contributed by atoms with van der Waals surface area (Å²) in [6.07, 6.45) is 15.4. The summed E-state index contributed by atoms with van der Waals surface area (Å²) in [4.78, 5) is 0. The van der Waals surface area contributed by atoms with Crippen LogP contribution in [0.1, 0.15) is 43.7 Å². The van der Waals surface area contributed by atoms with E-state index in [1.165, 1.54) is 37.7 Å². The van der Waals surface area contributed by atoms with Gasteiger partial charge >= 0.3 is 0 Å². The van der Waals surface area contributed by atoms with Gasteiger partial charge in [-0.3, -0.25) is 0 Å². The minimum atomic E-state index is -0.418. The number of rotatable bonds is 6. The molecule has 2 atom stereocenters. The standard InChI is InChI=1S/C21H27NO/c23-20(17-18-9-3-1-4-10-18)13-14-21(22-15-7-8-16-22)19-11-5-2-6-12-19/h1,3-4,7-10,13-16,19-21,23H,2,5-6,11-12,17H2/b14-13+. The molecule has 0 radical (unpaired) electrons. The summed E-state index contributed by atoms with van der Waals surface area (Å²) in [5, 5.41) is 10.4. The van der Waals surface area contributed by atoms with Gasteiger partial charge in [0.15, 0.2) is 0 Å². The number of aliphatic hydroxyl groups is 1. The van der Waals surface area contributed by atoms with E-state index in [9.17, 15) is 5.11 Å². The molecule has 0 aliphatic heterocycles. The van der Waals surface area contributed by atoms with Crippen LogP contribution in [0, 0.1) is 5.92 Å². The van der Waals surface area contributed by atoms with E-state index in [1.54, 1.807) is 0 Å². The number of benzene rings is 1. The van der Waals surface area contributed by atoms with Crippen LogP contribution in [0.3, 0.4) is 0 Å². The van der Waals surface area contributed by atoms with Crippen molar-refractivity contribution >= 4 is 0 Å². The normalized spacial score (nSPS) is 19.0. The molecular formula is C21H27NO. The minimum absolute atomic E-state index is 0.371. The Labute approximate surface area is 139 Å². The molecule has 1 fully saturated rings. The van der Waals surface area contributed by atoms with Crippen molar-refractivity contribution in [1.29, 1.82) is 0 Å². The Hall–Kier alpha value is -1.80. The smallest absolute Gasteiger partial charge is 0.0761 e. The molecule has 3 rings (SSSR count). The van der Waals surface area contributed by atoms with E-state index in [0.717, 1.165) is 0 Å². The molecule has 2 unspecified atom stereocenters. The fourth-order valence-corrected chi connectivity index (χ4v) is 3.69. The summed E-state index contributed by atoms with van der Waals surface area (Å²) in [5.41, 5.74) is 1.18. The molecule has 2 heteroatoms. The van der Waals surface area contributed by atoms with Crippen LogP contribution in [-0.4, -0.2) is 15.8 Å². The molecule has 1 aromatic heterocycles. The van der Waals surface area contributed by atoms with Crippen LogP contribution in [0.25, 0.3) is 0 Å². The van der Waals surface area contributed by atoms with Gasteiger partial charge in [0, 0.05) is 18.8 Å². The summed E-state index contributed by atoms with van der Waals surface area (Å²) in [6, 6.07) is 14.7. The zero-order valence-electron chi connectivity index (χ0n) is 13.7. The molecule has 0 bridgehead atoms. The third-order valence-electron chi connectivity index (χ3n) is 4.92. The third-order valence-corrected chi connectivity index (χ3v) is 4.92. The van der Waals surface area contributed by atoms with Gasteiger partial charge in [0.05, 0.1) is 12.1 Å². The lowest BCUT2D eigenvalue weighted by Crippen LogP contribution is -2.20. The average molecular weight is 309 g/mol. The van der Waals surface area contributed by atoms with Crippen LogP contribution < -0.4 is 0 Å². The molecule has 1 aliphatic carbocycles. The van der Waals surface area contributed by atoms with Gasteiger partial charge in [0.2, 0.25) is 0 Å². The van der Waals surface area contributed by atoms with E-state index in [4.69, 9.17) is 0 Å². The van der Waals surface area contributed by atoms with Crippen molar-refractivity contribution in [3.63, 3.8) is 0 Å². The van der Waals surface area contributed by atoms with Crippen LogP contribution >= 0.6 is 0 Å². The van der Waals surface area contributed by atoms with Gasteiger partial charge in [-0.25, -0.2) is 0 Å². The molecule has 0 spiro atoms. The predicted molar refractivity (Wildman–Crippen MR) is 95.3 cm³/mol. The first-order chi connectivity index (χ1) is 11.3. The Morgan fingerprint density at radius 2 is 1.65 bits per heavy atom. The number of aromatic nitrogens is 1. The van der Waals surface area contributed by atoms with Crippen molar-refractivity contribution in [1.82, 2.24) is 4.57 Å². The van der Waals surface area contributed by atoms with E-state index < -0.39 is 6.10 Å². The quantitative estimate of drug-likeness (QED) is 0.764. The van der Waals surface area contributed by atoms with Crippen LogP contribution in [0.5, 0.6) is 0 Å². The minimum Gasteiger partial charge on any atom is -0.389 e. The van der Waals surface area contributed by atoms with Gasteiger partial charge in [-0.2, -0.15) is 0 Å². The molecule has 122 valence electrons. The lowest BCUT2D eigenvalue weighted by Gasteiger charge is -2.29. The number of allylic oxidation sites excluding steroid dienone is 1. The zero-order valence-corrected chi connectivity index (χ0v) is 13.7. The lowest BCUT2D eigenvalue weighted by molar-refractivity contribution is 0.221. The topological polar surface area (TPSA) is 25.2 Å². The highest BCUT2D eigenvalue weighted by Crippen LogP contribution is 2.34. The monoisotopic (exact) mass is 309 g/mol. The van der Waals surface area contributed by atoms with Crippen molar-refractivity contribution < 1.29 is 5.11 Å². The highest BCUT2D eigenvalue weighted by atomic mass is 16.3. The van der Waals surface area contributed by atoms with E-state index in [1.807, 2.05) is 24.3 Å². The number of aliphatic hydroxyl groups excluding tert-OH is 1. The second-order valence-electron chi connectivity index (χ2n) is 6.66. The lowest BCUT2D eigenvalue weighted by atomic mass is 9.83.